The van der Waals surface area contributed by atoms with Crippen LogP contribution in [0.5, 0.6) is 0 Å². The van der Waals surface area contributed by atoms with Crippen molar-refractivity contribution in [2.45, 2.75) is 25.9 Å². The Morgan fingerprint density at radius 2 is 2.14 bits per heavy atom. The van der Waals surface area contributed by atoms with Crippen LogP contribution in [0.2, 0.25) is 0 Å². The number of nitrogens with zero attached hydrogens (tertiary/aromatic N) is 2. The fraction of sp³-hybridized carbons (Fsp3) is 0.700. The maximum Gasteiger partial charge on any atom is 0.0948 e. The van der Waals surface area contributed by atoms with Gasteiger partial charge in [-0.2, -0.15) is 0 Å². The summed E-state index contributed by atoms with van der Waals surface area (Å²) in [5, 5.41) is 10.8. The summed E-state index contributed by atoms with van der Waals surface area (Å²) in [6.45, 7) is 4.57. The molecule has 0 bridgehead atoms. The molecule has 1 rings (SSSR count). The van der Waals surface area contributed by atoms with Crippen LogP contribution in [0, 0.1) is 0 Å². The topological polar surface area (TPSA) is 36.4 Å². The van der Waals surface area contributed by atoms with E-state index in [4.69, 9.17) is 0 Å². The van der Waals surface area contributed by atoms with Gasteiger partial charge in [-0.3, -0.25) is 0 Å². The number of hydrogen-bond acceptors (Lipinski definition) is 4. The molecule has 4 heteroatoms. The van der Waals surface area contributed by atoms with E-state index in [1.54, 1.807) is 31.4 Å². The third-order valence-corrected chi connectivity index (χ3v) is 3.30. The Labute approximate surface area is 89.4 Å². The van der Waals surface area contributed by atoms with Crippen LogP contribution in [0.3, 0.4) is 0 Å². The van der Waals surface area contributed by atoms with Crippen molar-refractivity contribution in [2.75, 3.05) is 20.6 Å². The highest BCUT2D eigenvalue weighted by molar-refractivity contribution is 7.11. The van der Waals surface area contributed by atoms with Crippen LogP contribution < -0.4 is 0 Å². The van der Waals surface area contributed by atoms with Crippen LogP contribution in [0.4, 0.5) is 0 Å². The monoisotopic (exact) mass is 214 g/mol. The second-order valence-electron chi connectivity index (χ2n) is 4.23. The molecule has 1 aromatic heterocycles. The molecule has 1 aromatic rings. The number of aromatic nitrogens is 1. The van der Waals surface area contributed by atoms with Gasteiger partial charge < -0.3 is 10.0 Å². The van der Waals surface area contributed by atoms with E-state index in [1.165, 1.54) is 0 Å². The molecule has 3 nitrogen and oxygen atoms in total. The number of likely N-dealkylation sites (N-methyl/N-ethyl adjacent to an activating group) is 1. The molecule has 0 fully saturated rings. The lowest BCUT2D eigenvalue weighted by Crippen LogP contribution is -2.15. The number of aliphatic hydroxyl groups is 1. The van der Waals surface area contributed by atoms with Crippen LogP contribution in [-0.4, -0.2) is 35.6 Å². The molecule has 0 spiro atoms. The van der Waals surface area contributed by atoms with Crippen LogP contribution in [-0.2, 0) is 12.0 Å². The van der Waals surface area contributed by atoms with Gasteiger partial charge in [0, 0.05) is 19.2 Å². The summed E-state index contributed by atoms with van der Waals surface area (Å²) < 4.78 is 0. The molecule has 0 saturated heterocycles. The smallest absolute Gasteiger partial charge is 0.0948 e. The standard InChI is InChI=1S/C10H18N2OS/c1-10(2,13)8-7-11-9(14-8)5-6-12(3)4/h7,13H,5-6H2,1-4H3. The van der Waals surface area contributed by atoms with E-state index in [-0.39, 0.29) is 0 Å². The van der Waals surface area contributed by atoms with E-state index in [9.17, 15) is 5.11 Å². The first-order valence-electron chi connectivity index (χ1n) is 4.72. The Kier molecular flexibility index (Phi) is 3.64. The van der Waals surface area contributed by atoms with Crippen molar-refractivity contribution >= 4 is 11.3 Å². The van der Waals surface area contributed by atoms with Gasteiger partial charge in [-0.25, -0.2) is 4.98 Å². The molecule has 0 saturated carbocycles. The van der Waals surface area contributed by atoms with Gasteiger partial charge in [0.15, 0.2) is 0 Å². The summed E-state index contributed by atoms with van der Waals surface area (Å²) >= 11 is 1.59. The largest absolute Gasteiger partial charge is 0.385 e. The van der Waals surface area contributed by atoms with Crippen LogP contribution in [0.1, 0.15) is 23.7 Å². The molecule has 80 valence electrons. The predicted octanol–water partition coefficient (Wildman–Crippen LogP) is 1.47. The van der Waals surface area contributed by atoms with Crippen molar-refractivity contribution in [3.63, 3.8) is 0 Å². The average molecular weight is 214 g/mol. The van der Waals surface area contributed by atoms with Crippen molar-refractivity contribution < 1.29 is 5.11 Å². The molecule has 0 radical (unpaired) electrons. The van der Waals surface area contributed by atoms with E-state index in [1.807, 2.05) is 14.1 Å². The van der Waals surface area contributed by atoms with Gasteiger partial charge in [0.05, 0.1) is 15.5 Å². The first kappa shape index (κ1) is 11.6. The highest BCUT2D eigenvalue weighted by atomic mass is 32.1. The summed E-state index contributed by atoms with van der Waals surface area (Å²) in [5.41, 5.74) is -0.756. The Hall–Kier alpha value is -0.450. The Morgan fingerprint density at radius 1 is 1.50 bits per heavy atom. The zero-order chi connectivity index (χ0) is 10.8. The minimum Gasteiger partial charge on any atom is -0.385 e. The minimum absolute atomic E-state index is 0.756. The van der Waals surface area contributed by atoms with Crippen molar-refractivity contribution in [1.29, 1.82) is 0 Å². The van der Waals surface area contributed by atoms with Crippen molar-refractivity contribution in [2.24, 2.45) is 0 Å². The molecule has 0 aromatic carbocycles. The molecular formula is C10H18N2OS. The maximum absolute atomic E-state index is 9.74. The molecule has 0 unspecified atom stereocenters. The lowest BCUT2D eigenvalue weighted by Gasteiger charge is -2.13. The molecule has 1 heterocycles. The molecule has 0 amide bonds. The van der Waals surface area contributed by atoms with Crippen molar-refractivity contribution in [3.8, 4) is 0 Å². The van der Waals surface area contributed by atoms with Gasteiger partial charge in [-0.15, -0.1) is 11.3 Å². The second-order valence-corrected chi connectivity index (χ2v) is 5.35. The fourth-order valence-electron chi connectivity index (χ4n) is 1.03. The molecule has 14 heavy (non-hydrogen) atoms. The molecule has 0 aliphatic heterocycles. The first-order chi connectivity index (χ1) is 6.39. The molecule has 0 aliphatic carbocycles. The van der Waals surface area contributed by atoms with E-state index in [0.29, 0.717) is 0 Å². The van der Waals surface area contributed by atoms with Gasteiger partial charge in [0.2, 0.25) is 0 Å². The zero-order valence-electron chi connectivity index (χ0n) is 9.24. The predicted molar refractivity (Wildman–Crippen MR) is 59.6 cm³/mol. The zero-order valence-corrected chi connectivity index (χ0v) is 10.1. The fourth-order valence-corrected chi connectivity index (χ4v) is 1.94. The molecule has 1 N–H and O–H groups in total. The molecule has 0 atom stereocenters. The third kappa shape index (κ3) is 3.36. The summed E-state index contributed by atoms with van der Waals surface area (Å²) in [7, 11) is 4.09. The molecule has 0 aliphatic rings. The van der Waals surface area contributed by atoms with E-state index < -0.39 is 5.60 Å². The Balaban J connectivity index is 2.60. The van der Waals surface area contributed by atoms with Gasteiger partial charge >= 0.3 is 0 Å². The summed E-state index contributed by atoms with van der Waals surface area (Å²) in [5.74, 6) is 0. The summed E-state index contributed by atoms with van der Waals surface area (Å²) in [4.78, 5) is 7.35. The lowest BCUT2D eigenvalue weighted by atomic mass is 10.1. The quantitative estimate of drug-likeness (QED) is 0.824. The minimum atomic E-state index is -0.756. The van der Waals surface area contributed by atoms with E-state index in [0.717, 1.165) is 22.9 Å². The van der Waals surface area contributed by atoms with Crippen LogP contribution >= 0.6 is 11.3 Å². The first-order valence-corrected chi connectivity index (χ1v) is 5.53. The van der Waals surface area contributed by atoms with Gasteiger partial charge in [0.1, 0.15) is 0 Å². The summed E-state index contributed by atoms with van der Waals surface area (Å²) in [6.07, 6.45) is 2.73. The van der Waals surface area contributed by atoms with Crippen LogP contribution in [0.15, 0.2) is 6.20 Å². The SMILES string of the molecule is CN(C)CCc1ncc(C(C)(C)O)s1. The molecular weight excluding hydrogens is 196 g/mol. The number of rotatable bonds is 4. The van der Waals surface area contributed by atoms with Crippen molar-refractivity contribution in [1.82, 2.24) is 9.88 Å². The lowest BCUT2D eigenvalue weighted by molar-refractivity contribution is 0.0823. The maximum atomic E-state index is 9.74. The van der Waals surface area contributed by atoms with Crippen molar-refractivity contribution in [3.05, 3.63) is 16.1 Å². The van der Waals surface area contributed by atoms with Crippen LogP contribution in [0.25, 0.3) is 0 Å². The summed E-state index contributed by atoms with van der Waals surface area (Å²) in [6, 6.07) is 0. The van der Waals surface area contributed by atoms with E-state index in [2.05, 4.69) is 9.88 Å². The second kappa shape index (κ2) is 4.38. The Bertz CT molecular complexity index is 289. The highest BCUT2D eigenvalue weighted by Crippen LogP contribution is 2.25. The number of hydrogen-bond donors (Lipinski definition) is 1. The highest BCUT2D eigenvalue weighted by Gasteiger charge is 2.18. The van der Waals surface area contributed by atoms with Gasteiger partial charge in [-0.05, 0) is 27.9 Å². The van der Waals surface area contributed by atoms with Gasteiger partial charge in [-0.1, -0.05) is 0 Å². The third-order valence-electron chi connectivity index (χ3n) is 1.93. The van der Waals surface area contributed by atoms with E-state index >= 15 is 0 Å². The normalized spacial score (nSPS) is 12.4. The Morgan fingerprint density at radius 3 is 2.57 bits per heavy atom. The van der Waals surface area contributed by atoms with Gasteiger partial charge in [0.25, 0.3) is 0 Å². The number of thiazole rings is 1. The average Bonchev–Trinajstić information content (AvgIpc) is 2.47.